The molecule has 0 atom stereocenters. The standard InChI is InChI=1S/C19H15BrO4/c20-19-14(2-1-3-18(19)24)7-11-17(23)12-16(22)10-6-13-4-8-15(21)9-5-13/h1-11,21,24H,12H2/b10-6+,11-7+. The molecule has 5 heteroatoms. The molecule has 0 unspecified atom stereocenters. The maximum atomic E-state index is 11.8. The van der Waals surface area contributed by atoms with E-state index in [1.54, 1.807) is 36.4 Å². The fourth-order valence-electron chi connectivity index (χ4n) is 1.91. The highest BCUT2D eigenvalue weighted by atomic mass is 79.9. The summed E-state index contributed by atoms with van der Waals surface area (Å²) in [6.45, 7) is 0. The highest BCUT2D eigenvalue weighted by Crippen LogP contribution is 2.28. The van der Waals surface area contributed by atoms with Crippen molar-refractivity contribution < 1.29 is 19.8 Å². The van der Waals surface area contributed by atoms with Gasteiger partial charge in [-0.15, -0.1) is 0 Å². The Kier molecular flexibility index (Phi) is 6.09. The monoisotopic (exact) mass is 386 g/mol. The van der Waals surface area contributed by atoms with Crippen molar-refractivity contribution in [2.45, 2.75) is 6.42 Å². The summed E-state index contributed by atoms with van der Waals surface area (Å²) in [5.74, 6) is -0.410. The van der Waals surface area contributed by atoms with Crippen LogP contribution >= 0.6 is 15.9 Å². The molecule has 2 N–H and O–H groups in total. The molecular weight excluding hydrogens is 372 g/mol. The van der Waals surface area contributed by atoms with Gasteiger partial charge in [0.05, 0.1) is 10.9 Å². The number of phenolic OH excluding ortho intramolecular Hbond substituents is 2. The van der Waals surface area contributed by atoms with Gasteiger partial charge in [0, 0.05) is 0 Å². The number of aromatic hydroxyl groups is 2. The first-order chi connectivity index (χ1) is 11.5. The molecule has 0 radical (unpaired) electrons. The minimum absolute atomic E-state index is 0.0810. The molecule has 0 saturated heterocycles. The summed E-state index contributed by atoms with van der Waals surface area (Å²) in [4.78, 5) is 23.6. The van der Waals surface area contributed by atoms with Crippen LogP contribution in [-0.4, -0.2) is 21.8 Å². The van der Waals surface area contributed by atoms with Crippen LogP contribution in [0.1, 0.15) is 17.5 Å². The van der Waals surface area contributed by atoms with E-state index in [1.807, 2.05) is 0 Å². The summed E-state index contributed by atoms with van der Waals surface area (Å²) >= 11 is 3.23. The number of allylic oxidation sites excluding steroid dienone is 2. The Bertz CT molecular complexity index is 805. The van der Waals surface area contributed by atoms with E-state index in [2.05, 4.69) is 15.9 Å². The van der Waals surface area contributed by atoms with Crippen LogP contribution in [0.3, 0.4) is 0 Å². The second-order valence-corrected chi connectivity index (χ2v) is 5.84. The van der Waals surface area contributed by atoms with Gasteiger partial charge >= 0.3 is 0 Å². The Hall–Kier alpha value is -2.66. The van der Waals surface area contributed by atoms with E-state index in [1.165, 1.54) is 30.4 Å². The lowest BCUT2D eigenvalue weighted by Crippen LogP contribution is -2.01. The lowest BCUT2D eigenvalue weighted by Gasteiger charge is -2.00. The number of phenols is 2. The molecule has 0 heterocycles. The van der Waals surface area contributed by atoms with Gasteiger partial charge in [-0.1, -0.05) is 36.4 Å². The summed E-state index contributed by atoms with van der Waals surface area (Å²) < 4.78 is 0.493. The second-order valence-electron chi connectivity index (χ2n) is 5.05. The van der Waals surface area contributed by atoms with Crippen molar-refractivity contribution in [1.82, 2.24) is 0 Å². The van der Waals surface area contributed by atoms with Crippen LogP contribution in [0.5, 0.6) is 11.5 Å². The van der Waals surface area contributed by atoms with E-state index < -0.39 is 0 Å². The lowest BCUT2D eigenvalue weighted by molar-refractivity contribution is -0.121. The van der Waals surface area contributed by atoms with E-state index in [0.29, 0.717) is 10.0 Å². The Morgan fingerprint density at radius 2 is 1.54 bits per heavy atom. The quantitative estimate of drug-likeness (QED) is 0.578. The van der Waals surface area contributed by atoms with Gasteiger partial charge in [-0.2, -0.15) is 0 Å². The highest BCUT2D eigenvalue weighted by Gasteiger charge is 2.05. The Labute approximate surface area is 147 Å². The van der Waals surface area contributed by atoms with Crippen molar-refractivity contribution in [1.29, 1.82) is 0 Å². The SMILES string of the molecule is O=C(/C=C/c1ccc(O)cc1)CC(=O)/C=C/c1cccc(O)c1Br. The fourth-order valence-corrected chi connectivity index (χ4v) is 2.31. The average Bonchev–Trinajstić information content (AvgIpc) is 2.56. The molecule has 2 aromatic rings. The van der Waals surface area contributed by atoms with Crippen molar-refractivity contribution in [3.8, 4) is 11.5 Å². The molecule has 0 aliphatic heterocycles. The number of benzene rings is 2. The third-order valence-corrected chi connectivity index (χ3v) is 4.02. The fraction of sp³-hybridized carbons (Fsp3) is 0.0526. The van der Waals surface area contributed by atoms with Crippen LogP contribution < -0.4 is 0 Å². The van der Waals surface area contributed by atoms with Gasteiger partial charge in [0.1, 0.15) is 11.5 Å². The number of hydrogen-bond donors (Lipinski definition) is 2. The molecule has 0 bridgehead atoms. The summed E-state index contributed by atoms with van der Waals surface area (Å²) in [7, 11) is 0. The molecular formula is C19H15BrO4. The molecule has 0 saturated carbocycles. The van der Waals surface area contributed by atoms with Crippen molar-refractivity contribution >= 4 is 39.6 Å². The molecule has 0 spiro atoms. The molecule has 0 aliphatic carbocycles. The van der Waals surface area contributed by atoms with E-state index in [-0.39, 0.29) is 29.5 Å². The van der Waals surface area contributed by atoms with Gasteiger partial charge in [-0.05, 0) is 57.4 Å². The topological polar surface area (TPSA) is 74.6 Å². The van der Waals surface area contributed by atoms with Crippen molar-refractivity contribution in [2.75, 3.05) is 0 Å². The Morgan fingerprint density at radius 3 is 2.21 bits per heavy atom. The van der Waals surface area contributed by atoms with Crippen molar-refractivity contribution in [2.24, 2.45) is 0 Å². The second kappa shape index (κ2) is 8.26. The van der Waals surface area contributed by atoms with Gasteiger partial charge in [0.2, 0.25) is 0 Å². The molecule has 0 aliphatic rings. The van der Waals surface area contributed by atoms with Crippen molar-refractivity contribution in [3.05, 3.63) is 70.2 Å². The number of ketones is 2. The molecule has 0 amide bonds. The zero-order chi connectivity index (χ0) is 17.5. The van der Waals surface area contributed by atoms with Gasteiger partial charge in [-0.25, -0.2) is 0 Å². The summed E-state index contributed by atoms with van der Waals surface area (Å²) in [5, 5.41) is 18.7. The third-order valence-electron chi connectivity index (χ3n) is 3.16. The van der Waals surface area contributed by atoms with Crippen molar-refractivity contribution in [3.63, 3.8) is 0 Å². The maximum Gasteiger partial charge on any atom is 0.163 e. The van der Waals surface area contributed by atoms with E-state index in [4.69, 9.17) is 0 Å². The smallest absolute Gasteiger partial charge is 0.163 e. The minimum atomic E-state index is -0.328. The highest BCUT2D eigenvalue weighted by molar-refractivity contribution is 9.10. The Morgan fingerprint density at radius 1 is 0.917 bits per heavy atom. The molecule has 2 rings (SSSR count). The minimum Gasteiger partial charge on any atom is -0.508 e. The zero-order valence-electron chi connectivity index (χ0n) is 12.6. The van der Waals surface area contributed by atoms with Crippen LogP contribution in [0.2, 0.25) is 0 Å². The number of rotatable bonds is 6. The largest absolute Gasteiger partial charge is 0.508 e. The van der Waals surface area contributed by atoms with Crippen LogP contribution in [-0.2, 0) is 9.59 Å². The molecule has 4 nitrogen and oxygen atoms in total. The van der Waals surface area contributed by atoms with Crippen LogP contribution in [0.25, 0.3) is 12.2 Å². The first-order valence-corrected chi connectivity index (χ1v) is 7.93. The van der Waals surface area contributed by atoms with E-state index >= 15 is 0 Å². The molecule has 122 valence electrons. The van der Waals surface area contributed by atoms with Crippen LogP contribution in [0.4, 0.5) is 0 Å². The summed E-state index contributed by atoms with van der Waals surface area (Å²) in [6, 6.07) is 11.3. The molecule has 2 aromatic carbocycles. The zero-order valence-corrected chi connectivity index (χ0v) is 14.2. The van der Waals surface area contributed by atoms with E-state index in [0.717, 1.165) is 5.56 Å². The Balaban J connectivity index is 1.94. The van der Waals surface area contributed by atoms with Gasteiger partial charge < -0.3 is 10.2 Å². The average molecular weight is 387 g/mol. The van der Waals surface area contributed by atoms with Crippen LogP contribution in [0.15, 0.2) is 59.1 Å². The van der Waals surface area contributed by atoms with Gasteiger partial charge in [0.15, 0.2) is 11.6 Å². The molecule has 0 aromatic heterocycles. The summed E-state index contributed by atoms with van der Waals surface area (Å²) in [5.41, 5.74) is 1.41. The number of carbonyl (C=O) groups excluding carboxylic acids is 2. The first kappa shape index (κ1) is 17.7. The van der Waals surface area contributed by atoms with Crippen LogP contribution in [0, 0.1) is 0 Å². The lowest BCUT2D eigenvalue weighted by atomic mass is 10.1. The normalized spacial score (nSPS) is 11.2. The summed E-state index contributed by atoms with van der Waals surface area (Å²) in [6.07, 6.45) is 5.55. The van der Waals surface area contributed by atoms with Gasteiger partial charge in [0.25, 0.3) is 0 Å². The van der Waals surface area contributed by atoms with Gasteiger partial charge in [-0.3, -0.25) is 9.59 Å². The number of carbonyl (C=O) groups is 2. The number of hydrogen-bond acceptors (Lipinski definition) is 4. The molecule has 24 heavy (non-hydrogen) atoms. The predicted octanol–water partition coefficient (Wildman–Crippen LogP) is 4.12. The maximum absolute atomic E-state index is 11.8. The number of halogens is 1. The predicted molar refractivity (Wildman–Crippen MR) is 96.6 cm³/mol. The molecule has 0 fully saturated rings. The van der Waals surface area contributed by atoms with E-state index in [9.17, 15) is 19.8 Å². The third kappa shape index (κ3) is 5.21. The first-order valence-electron chi connectivity index (χ1n) is 7.14.